The molecule has 1 saturated heterocycles. The number of nitrogens with one attached hydrogen (secondary N) is 2. The van der Waals surface area contributed by atoms with Crippen LogP contribution in [0.25, 0.3) is 5.69 Å². The average Bonchev–Trinajstić information content (AvgIpc) is 3.44. The van der Waals surface area contributed by atoms with Gasteiger partial charge >= 0.3 is 0 Å². The Labute approximate surface area is 253 Å². The number of pyridine rings is 1. The monoisotopic (exact) mass is 581 g/mol. The predicted octanol–water partition coefficient (Wildman–Crippen LogP) is 7.28. The molecule has 8 heteroatoms. The van der Waals surface area contributed by atoms with Crippen LogP contribution in [0.5, 0.6) is 5.75 Å². The van der Waals surface area contributed by atoms with Gasteiger partial charge in [-0.3, -0.25) is 9.78 Å². The molecule has 2 aromatic carbocycles. The topological polar surface area (TPSA) is 71.4 Å². The van der Waals surface area contributed by atoms with Crippen molar-refractivity contribution in [2.75, 3.05) is 17.3 Å². The lowest BCUT2D eigenvalue weighted by atomic mass is 9.95. The highest BCUT2D eigenvalue weighted by Gasteiger charge is 2.42. The van der Waals surface area contributed by atoms with Crippen LogP contribution in [0.3, 0.4) is 0 Å². The van der Waals surface area contributed by atoms with E-state index in [0.29, 0.717) is 16.5 Å². The molecule has 1 aliphatic heterocycles. The number of methoxy groups -OCH3 is 1. The fourth-order valence-corrected chi connectivity index (χ4v) is 6.13. The molecule has 1 fully saturated rings. The summed E-state index contributed by atoms with van der Waals surface area (Å²) in [4.78, 5) is 19.6. The van der Waals surface area contributed by atoms with E-state index in [4.69, 9.17) is 21.9 Å². The minimum absolute atomic E-state index is 0.0843. The second-order valence-electron chi connectivity index (χ2n) is 12.0. The molecule has 42 heavy (non-hydrogen) atoms. The molecule has 0 bridgehead atoms. The van der Waals surface area contributed by atoms with E-state index in [1.54, 1.807) is 7.11 Å². The van der Waals surface area contributed by atoms with Gasteiger partial charge in [-0.1, -0.05) is 45.0 Å². The zero-order chi connectivity index (χ0) is 30.3. The van der Waals surface area contributed by atoms with Crippen molar-refractivity contribution >= 4 is 34.6 Å². The fraction of sp³-hybridized carbons (Fsp3) is 0.324. The van der Waals surface area contributed by atoms with Crippen molar-refractivity contribution in [3.8, 4) is 11.4 Å². The normalized spacial score (nSPS) is 16.9. The highest BCUT2D eigenvalue weighted by molar-refractivity contribution is 7.80. The van der Waals surface area contributed by atoms with Crippen LogP contribution in [0.1, 0.15) is 66.6 Å². The van der Waals surface area contributed by atoms with Crippen molar-refractivity contribution in [3.63, 3.8) is 0 Å². The molecule has 5 rings (SSSR count). The zero-order valence-corrected chi connectivity index (χ0v) is 26.4. The summed E-state index contributed by atoms with van der Waals surface area (Å²) in [6.45, 7) is 14.3. The van der Waals surface area contributed by atoms with E-state index >= 15 is 0 Å². The van der Waals surface area contributed by atoms with Crippen LogP contribution >= 0.6 is 12.2 Å². The highest BCUT2D eigenvalue weighted by Crippen LogP contribution is 2.45. The standard InChI is InChI=1S/C34H39N5O2S/c1-20-12-11-13-21(2)30(20)38-22(3)18-25(23(38)4)31-29(27-14-9-10-17-35-27)37-33(42)39(31)24-15-16-26(28(19-24)41-8)36-32(40)34(5,6)7/h9-19,29,31H,1-8H3,(H,36,40)(H,37,42). The van der Waals surface area contributed by atoms with Crippen molar-refractivity contribution in [2.45, 2.75) is 60.5 Å². The third-order valence-corrected chi connectivity index (χ3v) is 8.26. The number of rotatable bonds is 6. The average molecular weight is 582 g/mol. The van der Waals surface area contributed by atoms with Gasteiger partial charge in [-0.2, -0.15) is 0 Å². The van der Waals surface area contributed by atoms with Gasteiger partial charge in [-0.05, 0) is 86.9 Å². The predicted molar refractivity (Wildman–Crippen MR) is 174 cm³/mol. The largest absolute Gasteiger partial charge is 0.494 e. The van der Waals surface area contributed by atoms with Gasteiger partial charge in [0.05, 0.1) is 36.3 Å². The molecule has 2 atom stereocenters. The van der Waals surface area contributed by atoms with E-state index in [1.165, 1.54) is 16.8 Å². The third kappa shape index (κ3) is 5.27. The van der Waals surface area contributed by atoms with Crippen LogP contribution in [0.4, 0.5) is 11.4 Å². The Bertz CT molecular complexity index is 1630. The number of thiocarbonyl (C=S) groups is 1. The summed E-state index contributed by atoms with van der Waals surface area (Å²) in [5.41, 5.74) is 8.94. The second kappa shape index (κ2) is 11.2. The Balaban J connectivity index is 1.65. The number of aryl methyl sites for hydroxylation is 3. The van der Waals surface area contributed by atoms with E-state index in [2.05, 4.69) is 72.1 Å². The van der Waals surface area contributed by atoms with Crippen molar-refractivity contribution < 1.29 is 9.53 Å². The molecule has 0 spiro atoms. The minimum Gasteiger partial charge on any atom is -0.494 e. The molecule has 3 heterocycles. The lowest BCUT2D eigenvalue weighted by Crippen LogP contribution is -2.30. The van der Waals surface area contributed by atoms with Gasteiger partial charge < -0.3 is 24.8 Å². The SMILES string of the molecule is COc1cc(N2C(=S)NC(c3ccccn3)C2c2cc(C)n(-c3c(C)cccc3C)c2C)ccc1NC(=O)C(C)(C)C. The first kappa shape index (κ1) is 29.3. The molecule has 0 saturated carbocycles. The number of hydrogen-bond acceptors (Lipinski definition) is 4. The van der Waals surface area contributed by atoms with Gasteiger partial charge in [-0.15, -0.1) is 0 Å². The molecular formula is C34H39N5O2S. The maximum atomic E-state index is 12.8. The number of amides is 1. The van der Waals surface area contributed by atoms with Gasteiger partial charge in [0.15, 0.2) is 5.11 Å². The Morgan fingerprint density at radius 1 is 1.00 bits per heavy atom. The Morgan fingerprint density at radius 3 is 2.33 bits per heavy atom. The molecular weight excluding hydrogens is 542 g/mol. The van der Waals surface area contributed by atoms with Gasteiger partial charge in [0.1, 0.15) is 5.75 Å². The van der Waals surface area contributed by atoms with Gasteiger partial charge in [0.25, 0.3) is 0 Å². The molecule has 7 nitrogen and oxygen atoms in total. The fourth-order valence-electron chi connectivity index (χ4n) is 5.78. The highest BCUT2D eigenvalue weighted by atomic mass is 32.1. The smallest absolute Gasteiger partial charge is 0.229 e. The number of ether oxygens (including phenoxy) is 1. The summed E-state index contributed by atoms with van der Waals surface area (Å²) in [5, 5.41) is 7.18. The quantitative estimate of drug-likeness (QED) is 0.233. The van der Waals surface area contributed by atoms with Crippen LogP contribution in [0, 0.1) is 33.1 Å². The van der Waals surface area contributed by atoms with E-state index in [0.717, 1.165) is 28.3 Å². The molecule has 218 valence electrons. The summed E-state index contributed by atoms with van der Waals surface area (Å²) in [6.07, 6.45) is 1.81. The maximum absolute atomic E-state index is 12.8. The van der Waals surface area contributed by atoms with Gasteiger partial charge in [-0.25, -0.2) is 0 Å². The third-order valence-electron chi connectivity index (χ3n) is 7.94. The van der Waals surface area contributed by atoms with Gasteiger partial charge in [0, 0.05) is 34.8 Å². The molecule has 1 amide bonds. The summed E-state index contributed by atoms with van der Waals surface area (Å²) in [7, 11) is 1.61. The zero-order valence-electron chi connectivity index (χ0n) is 25.6. The number of carbonyl (C=O) groups excluding carboxylic acids is 1. The van der Waals surface area contributed by atoms with E-state index in [9.17, 15) is 4.79 Å². The molecule has 4 aromatic rings. The lowest BCUT2D eigenvalue weighted by Gasteiger charge is -2.29. The molecule has 2 unspecified atom stereocenters. The van der Waals surface area contributed by atoms with Crippen molar-refractivity contribution in [3.05, 3.63) is 101 Å². The number of nitrogens with zero attached hydrogens (tertiary/aromatic N) is 3. The van der Waals surface area contributed by atoms with Crippen LogP contribution in [0.15, 0.2) is 66.9 Å². The molecule has 2 N–H and O–H groups in total. The Morgan fingerprint density at radius 2 is 1.71 bits per heavy atom. The molecule has 0 aliphatic carbocycles. The molecule has 0 radical (unpaired) electrons. The molecule has 2 aromatic heterocycles. The van der Waals surface area contributed by atoms with Crippen LogP contribution in [-0.2, 0) is 4.79 Å². The number of anilines is 2. The number of para-hydroxylation sites is 1. The second-order valence-corrected chi connectivity index (χ2v) is 12.4. The minimum atomic E-state index is -0.539. The number of hydrogen-bond donors (Lipinski definition) is 2. The maximum Gasteiger partial charge on any atom is 0.229 e. The van der Waals surface area contributed by atoms with Crippen molar-refractivity contribution in [2.24, 2.45) is 5.41 Å². The number of benzene rings is 2. The van der Waals surface area contributed by atoms with Crippen molar-refractivity contribution in [1.82, 2.24) is 14.9 Å². The summed E-state index contributed by atoms with van der Waals surface area (Å²) >= 11 is 6.00. The Kier molecular flexibility index (Phi) is 7.86. The van der Waals surface area contributed by atoms with E-state index in [1.807, 2.05) is 63.4 Å². The van der Waals surface area contributed by atoms with Crippen LogP contribution < -0.4 is 20.3 Å². The summed E-state index contributed by atoms with van der Waals surface area (Å²) in [5.74, 6) is 0.480. The number of aromatic nitrogens is 2. The summed E-state index contributed by atoms with van der Waals surface area (Å²) in [6, 6.07) is 20.1. The van der Waals surface area contributed by atoms with Crippen molar-refractivity contribution in [1.29, 1.82) is 0 Å². The first-order chi connectivity index (χ1) is 19.9. The lowest BCUT2D eigenvalue weighted by molar-refractivity contribution is -0.123. The van der Waals surface area contributed by atoms with Gasteiger partial charge in [0.2, 0.25) is 5.91 Å². The van der Waals surface area contributed by atoms with E-state index in [-0.39, 0.29) is 18.0 Å². The Hall–Kier alpha value is -4.17. The first-order valence-electron chi connectivity index (χ1n) is 14.2. The molecule has 1 aliphatic rings. The summed E-state index contributed by atoms with van der Waals surface area (Å²) < 4.78 is 8.10. The first-order valence-corrected chi connectivity index (χ1v) is 14.6. The van der Waals surface area contributed by atoms with Crippen LogP contribution in [0.2, 0.25) is 0 Å². The van der Waals surface area contributed by atoms with Crippen LogP contribution in [-0.4, -0.2) is 27.7 Å². The number of carbonyl (C=O) groups is 1. The van der Waals surface area contributed by atoms with E-state index < -0.39 is 5.41 Å².